The van der Waals surface area contributed by atoms with E-state index in [2.05, 4.69) is 35.2 Å². The van der Waals surface area contributed by atoms with Crippen molar-refractivity contribution in [3.63, 3.8) is 0 Å². The molecular weight excluding hydrogens is 202 g/mol. The number of hydrogen-bond acceptors (Lipinski definition) is 4. The topological polar surface area (TPSA) is 37.4 Å². The zero-order valence-corrected chi connectivity index (χ0v) is 10.4. The molecule has 1 aromatic rings. The van der Waals surface area contributed by atoms with Crippen LogP contribution < -0.4 is 10.2 Å². The number of ether oxygens (including phenoxy) is 1. The van der Waals surface area contributed by atoms with Gasteiger partial charge in [-0.2, -0.15) is 0 Å². The SMILES string of the molecule is CCN(C)c1ncccc1CNCCOC. The summed E-state index contributed by atoms with van der Waals surface area (Å²) >= 11 is 0. The quantitative estimate of drug-likeness (QED) is 0.706. The lowest BCUT2D eigenvalue weighted by Gasteiger charge is -2.19. The minimum Gasteiger partial charge on any atom is -0.383 e. The van der Waals surface area contributed by atoms with Crippen LogP contribution in [0.4, 0.5) is 5.82 Å². The molecule has 0 saturated heterocycles. The van der Waals surface area contributed by atoms with E-state index in [0.29, 0.717) is 0 Å². The first kappa shape index (κ1) is 12.9. The molecule has 1 heterocycles. The molecule has 0 spiro atoms. The Hall–Kier alpha value is -1.13. The summed E-state index contributed by atoms with van der Waals surface area (Å²) in [5.74, 6) is 1.05. The van der Waals surface area contributed by atoms with Gasteiger partial charge < -0.3 is 15.0 Å². The highest BCUT2D eigenvalue weighted by Gasteiger charge is 2.05. The maximum absolute atomic E-state index is 4.99. The number of pyridine rings is 1. The van der Waals surface area contributed by atoms with Crippen molar-refractivity contribution < 1.29 is 4.74 Å². The lowest BCUT2D eigenvalue weighted by Crippen LogP contribution is -2.23. The molecule has 0 aliphatic rings. The van der Waals surface area contributed by atoms with Gasteiger partial charge in [-0.25, -0.2) is 4.98 Å². The number of aromatic nitrogens is 1. The highest BCUT2D eigenvalue weighted by molar-refractivity contribution is 5.45. The van der Waals surface area contributed by atoms with E-state index >= 15 is 0 Å². The number of nitrogens with one attached hydrogen (secondary N) is 1. The van der Waals surface area contributed by atoms with Gasteiger partial charge in [0.1, 0.15) is 5.82 Å². The average Bonchev–Trinajstić information content (AvgIpc) is 2.34. The van der Waals surface area contributed by atoms with E-state index < -0.39 is 0 Å². The summed E-state index contributed by atoms with van der Waals surface area (Å²) < 4.78 is 4.99. The largest absolute Gasteiger partial charge is 0.383 e. The molecule has 0 amide bonds. The number of hydrogen-bond donors (Lipinski definition) is 1. The van der Waals surface area contributed by atoms with Gasteiger partial charge in [-0.15, -0.1) is 0 Å². The van der Waals surface area contributed by atoms with Crippen LogP contribution in [0.15, 0.2) is 18.3 Å². The normalized spacial score (nSPS) is 10.4. The predicted molar refractivity (Wildman–Crippen MR) is 66.8 cm³/mol. The molecule has 4 nitrogen and oxygen atoms in total. The Labute approximate surface area is 97.6 Å². The lowest BCUT2D eigenvalue weighted by molar-refractivity contribution is 0.199. The van der Waals surface area contributed by atoms with Crippen LogP contribution in [0, 0.1) is 0 Å². The molecule has 1 rings (SSSR count). The summed E-state index contributed by atoms with van der Waals surface area (Å²) in [6.07, 6.45) is 1.83. The van der Waals surface area contributed by atoms with E-state index in [1.807, 2.05) is 12.3 Å². The fraction of sp³-hybridized carbons (Fsp3) is 0.583. The summed E-state index contributed by atoms with van der Waals surface area (Å²) in [7, 11) is 3.77. The molecular formula is C12H21N3O. The number of methoxy groups -OCH3 is 1. The molecule has 90 valence electrons. The second-order valence-electron chi connectivity index (χ2n) is 3.67. The Kier molecular flexibility index (Phi) is 5.82. The van der Waals surface area contributed by atoms with Crippen LogP contribution in [0.5, 0.6) is 0 Å². The van der Waals surface area contributed by atoms with Gasteiger partial charge in [-0.3, -0.25) is 0 Å². The molecule has 0 saturated carbocycles. The average molecular weight is 223 g/mol. The Morgan fingerprint density at radius 3 is 3.00 bits per heavy atom. The van der Waals surface area contributed by atoms with Gasteiger partial charge in [0, 0.05) is 45.6 Å². The van der Waals surface area contributed by atoms with Crippen LogP contribution in [-0.2, 0) is 11.3 Å². The second-order valence-corrected chi connectivity index (χ2v) is 3.67. The van der Waals surface area contributed by atoms with E-state index in [1.165, 1.54) is 5.56 Å². The summed E-state index contributed by atoms with van der Waals surface area (Å²) in [5, 5.41) is 3.33. The van der Waals surface area contributed by atoms with E-state index in [9.17, 15) is 0 Å². The summed E-state index contributed by atoms with van der Waals surface area (Å²) in [6.45, 7) is 5.51. The van der Waals surface area contributed by atoms with Crippen molar-refractivity contribution in [3.05, 3.63) is 23.9 Å². The predicted octanol–water partition coefficient (Wildman–Crippen LogP) is 1.27. The molecule has 0 fully saturated rings. The molecule has 0 aromatic carbocycles. The van der Waals surface area contributed by atoms with Crippen molar-refractivity contribution >= 4 is 5.82 Å². The van der Waals surface area contributed by atoms with Crippen LogP contribution in [-0.4, -0.2) is 38.8 Å². The van der Waals surface area contributed by atoms with Crippen molar-refractivity contribution in [2.45, 2.75) is 13.5 Å². The van der Waals surface area contributed by atoms with Gasteiger partial charge >= 0.3 is 0 Å². The van der Waals surface area contributed by atoms with Crippen molar-refractivity contribution in [2.24, 2.45) is 0 Å². The molecule has 1 N–H and O–H groups in total. The van der Waals surface area contributed by atoms with Crippen LogP contribution in [0.1, 0.15) is 12.5 Å². The van der Waals surface area contributed by atoms with Crippen molar-refractivity contribution in [2.75, 3.05) is 38.8 Å². The highest BCUT2D eigenvalue weighted by atomic mass is 16.5. The van der Waals surface area contributed by atoms with Crippen LogP contribution in [0.25, 0.3) is 0 Å². The zero-order chi connectivity index (χ0) is 11.8. The third kappa shape index (κ3) is 3.79. The van der Waals surface area contributed by atoms with Gasteiger partial charge in [0.15, 0.2) is 0 Å². The van der Waals surface area contributed by atoms with Crippen molar-refractivity contribution in [3.8, 4) is 0 Å². The van der Waals surface area contributed by atoms with Crippen molar-refractivity contribution in [1.29, 1.82) is 0 Å². The molecule has 0 bridgehead atoms. The van der Waals surface area contributed by atoms with Crippen LogP contribution in [0.3, 0.4) is 0 Å². The first-order chi connectivity index (χ1) is 7.79. The molecule has 4 heteroatoms. The van der Waals surface area contributed by atoms with Crippen LogP contribution >= 0.6 is 0 Å². The highest BCUT2D eigenvalue weighted by Crippen LogP contribution is 2.14. The molecule has 0 aliphatic heterocycles. The molecule has 0 aliphatic carbocycles. The van der Waals surface area contributed by atoms with Crippen LogP contribution in [0.2, 0.25) is 0 Å². The molecule has 0 atom stereocenters. The molecule has 16 heavy (non-hydrogen) atoms. The van der Waals surface area contributed by atoms with E-state index in [-0.39, 0.29) is 0 Å². The zero-order valence-electron chi connectivity index (χ0n) is 10.4. The second kappa shape index (κ2) is 7.19. The summed E-state index contributed by atoms with van der Waals surface area (Å²) in [5.41, 5.74) is 1.22. The van der Waals surface area contributed by atoms with Crippen molar-refractivity contribution in [1.82, 2.24) is 10.3 Å². The first-order valence-corrected chi connectivity index (χ1v) is 5.64. The minimum absolute atomic E-state index is 0.735. The Morgan fingerprint density at radius 2 is 2.31 bits per heavy atom. The third-order valence-corrected chi connectivity index (χ3v) is 2.50. The van der Waals surface area contributed by atoms with E-state index in [0.717, 1.165) is 32.1 Å². The Morgan fingerprint density at radius 1 is 1.50 bits per heavy atom. The van der Waals surface area contributed by atoms with E-state index in [4.69, 9.17) is 4.74 Å². The van der Waals surface area contributed by atoms with E-state index in [1.54, 1.807) is 7.11 Å². The van der Waals surface area contributed by atoms with Gasteiger partial charge in [0.2, 0.25) is 0 Å². The number of rotatable bonds is 7. The number of anilines is 1. The maximum Gasteiger partial charge on any atom is 0.132 e. The van der Waals surface area contributed by atoms with Gasteiger partial charge in [0.25, 0.3) is 0 Å². The molecule has 1 aromatic heterocycles. The monoisotopic (exact) mass is 223 g/mol. The lowest BCUT2D eigenvalue weighted by atomic mass is 10.2. The minimum atomic E-state index is 0.735. The fourth-order valence-electron chi connectivity index (χ4n) is 1.46. The standard InChI is InChI=1S/C12H21N3O/c1-4-15(2)12-11(6-5-7-14-12)10-13-8-9-16-3/h5-7,13H,4,8-10H2,1-3H3. The molecule has 0 unspecified atom stereocenters. The number of nitrogens with zero attached hydrogens (tertiary/aromatic N) is 2. The fourth-order valence-corrected chi connectivity index (χ4v) is 1.46. The van der Waals surface area contributed by atoms with Gasteiger partial charge in [0.05, 0.1) is 6.61 Å². The maximum atomic E-state index is 4.99. The summed E-state index contributed by atoms with van der Waals surface area (Å²) in [4.78, 5) is 6.55. The Balaban J connectivity index is 2.57. The Bertz CT molecular complexity index is 304. The molecule has 0 radical (unpaired) electrons. The smallest absolute Gasteiger partial charge is 0.132 e. The third-order valence-electron chi connectivity index (χ3n) is 2.50. The first-order valence-electron chi connectivity index (χ1n) is 5.64. The summed E-state index contributed by atoms with van der Waals surface area (Å²) in [6, 6.07) is 4.08. The van der Waals surface area contributed by atoms with Gasteiger partial charge in [-0.05, 0) is 13.0 Å². The van der Waals surface area contributed by atoms with Gasteiger partial charge in [-0.1, -0.05) is 6.07 Å².